The second-order valence-electron chi connectivity index (χ2n) is 4.22. The van der Waals surface area contributed by atoms with Gasteiger partial charge in [-0.2, -0.15) is 0 Å². The first-order chi connectivity index (χ1) is 8.70. The number of likely N-dealkylation sites (N-methyl/N-ethyl adjacent to an activating group) is 1. The van der Waals surface area contributed by atoms with Crippen LogP contribution in [0.1, 0.15) is 24.2 Å². The first-order valence-electron chi connectivity index (χ1n) is 6.03. The van der Waals surface area contributed by atoms with Gasteiger partial charge in [0.05, 0.1) is 5.69 Å². The normalized spacial score (nSPS) is 12.6. The highest BCUT2D eigenvalue weighted by molar-refractivity contribution is 6.31. The van der Waals surface area contributed by atoms with Gasteiger partial charge in [0.1, 0.15) is 0 Å². The third-order valence-corrected chi connectivity index (χ3v) is 3.14. The van der Waals surface area contributed by atoms with Crippen LogP contribution in [0.15, 0.2) is 30.5 Å². The first kappa shape index (κ1) is 13.1. The molecule has 0 aliphatic rings. The first-order valence-corrected chi connectivity index (χ1v) is 6.41. The van der Waals surface area contributed by atoms with E-state index in [0.717, 1.165) is 29.2 Å². The highest BCUT2D eigenvalue weighted by Gasteiger charge is 2.15. The molecule has 0 fully saturated rings. The molecule has 2 rings (SSSR count). The molecule has 4 nitrogen and oxygen atoms in total. The van der Waals surface area contributed by atoms with Gasteiger partial charge in [0.25, 0.3) is 0 Å². The maximum absolute atomic E-state index is 6.24. The second-order valence-corrected chi connectivity index (χ2v) is 4.63. The Balaban J connectivity index is 2.20. The lowest BCUT2D eigenvalue weighted by Crippen LogP contribution is -2.23. The summed E-state index contributed by atoms with van der Waals surface area (Å²) in [5.74, 6) is 0. The van der Waals surface area contributed by atoms with Crippen LogP contribution in [0.3, 0.4) is 0 Å². The molecular formula is C13H17ClN4. The molecule has 1 aromatic carbocycles. The number of halogens is 1. The van der Waals surface area contributed by atoms with E-state index in [9.17, 15) is 0 Å². The van der Waals surface area contributed by atoms with E-state index >= 15 is 0 Å². The zero-order chi connectivity index (χ0) is 13.0. The number of hydrogen-bond donors (Lipinski definition) is 1. The van der Waals surface area contributed by atoms with Crippen LogP contribution < -0.4 is 5.32 Å². The average molecular weight is 265 g/mol. The van der Waals surface area contributed by atoms with Gasteiger partial charge in [0, 0.05) is 30.7 Å². The van der Waals surface area contributed by atoms with E-state index < -0.39 is 0 Å². The second kappa shape index (κ2) is 5.98. The Kier molecular flexibility index (Phi) is 4.33. The van der Waals surface area contributed by atoms with Gasteiger partial charge in [0.15, 0.2) is 0 Å². The zero-order valence-electron chi connectivity index (χ0n) is 10.6. The van der Waals surface area contributed by atoms with Crippen molar-refractivity contribution in [3.63, 3.8) is 0 Å². The molecule has 18 heavy (non-hydrogen) atoms. The maximum Gasteiger partial charge on any atom is 0.0845 e. The molecule has 0 aliphatic carbocycles. The Bertz CT molecular complexity index is 509. The van der Waals surface area contributed by atoms with E-state index in [1.807, 2.05) is 37.5 Å². The van der Waals surface area contributed by atoms with E-state index in [0.29, 0.717) is 0 Å². The summed E-state index contributed by atoms with van der Waals surface area (Å²) >= 11 is 6.24. The topological polar surface area (TPSA) is 42.7 Å². The number of benzene rings is 1. The van der Waals surface area contributed by atoms with E-state index in [-0.39, 0.29) is 6.04 Å². The molecule has 0 saturated heterocycles. The smallest absolute Gasteiger partial charge is 0.0845 e. The number of nitrogens with one attached hydrogen (secondary N) is 1. The Labute approximate surface area is 112 Å². The lowest BCUT2D eigenvalue weighted by atomic mass is 10.0. The summed E-state index contributed by atoms with van der Waals surface area (Å²) in [7, 11) is 1.87. The van der Waals surface area contributed by atoms with Crippen molar-refractivity contribution in [2.75, 3.05) is 6.54 Å². The number of hydrogen-bond acceptors (Lipinski definition) is 3. The van der Waals surface area contributed by atoms with Crippen molar-refractivity contribution >= 4 is 11.6 Å². The molecule has 1 N–H and O–H groups in total. The van der Waals surface area contributed by atoms with Crippen LogP contribution in [0.5, 0.6) is 0 Å². The minimum atomic E-state index is 0.167. The Morgan fingerprint density at radius 2 is 2.17 bits per heavy atom. The lowest BCUT2D eigenvalue weighted by molar-refractivity contribution is 0.543. The standard InChI is InChI=1S/C13H17ClN4/c1-3-15-13(8-10-9-18(2)17-16-10)11-6-4-5-7-12(11)14/h4-7,9,13,15H,3,8H2,1-2H3. The molecule has 0 aliphatic heterocycles. The van der Waals surface area contributed by atoms with E-state index in [2.05, 4.69) is 22.6 Å². The van der Waals surface area contributed by atoms with Crippen LogP contribution in [0.4, 0.5) is 0 Å². The summed E-state index contributed by atoms with van der Waals surface area (Å²) in [4.78, 5) is 0. The number of aryl methyl sites for hydroxylation is 1. The summed E-state index contributed by atoms with van der Waals surface area (Å²) in [6.45, 7) is 2.97. The number of rotatable bonds is 5. The van der Waals surface area contributed by atoms with Gasteiger partial charge in [-0.3, -0.25) is 4.68 Å². The maximum atomic E-state index is 6.24. The predicted molar refractivity (Wildman–Crippen MR) is 72.6 cm³/mol. The van der Waals surface area contributed by atoms with Crippen molar-refractivity contribution in [2.45, 2.75) is 19.4 Å². The van der Waals surface area contributed by atoms with Gasteiger partial charge < -0.3 is 5.32 Å². The van der Waals surface area contributed by atoms with E-state index in [4.69, 9.17) is 11.6 Å². The van der Waals surface area contributed by atoms with Crippen LogP contribution in [0.25, 0.3) is 0 Å². The quantitative estimate of drug-likeness (QED) is 0.902. The fraction of sp³-hybridized carbons (Fsp3) is 0.385. The Morgan fingerprint density at radius 1 is 1.39 bits per heavy atom. The minimum absolute atomic E-state index is 0.167. The lowest BCUT2D eigenvalue weighted by Gasteiger charge is -2.18. The van der Waals surface area contributed by atoms with E-state index in [1.165, 1.54) is 0 Å². The summed E-state index contributed by atoms with van der Waals surface area (Å²) < 4.78 is 1.71. The molecular weight excluding hydrogens is 248 g/mol. The molecule has 1 aromatic heterocycles. The molecule has 0 amide bonds. The molecule has 2 aromatic rings. The number of nitrogens with zero attached hydrogens (tertiary/aromatic N) is 3. The number of aromatic nitrogens is 3. The van der Waals surface area contributed by atoms with Crippen molar-refractivity contribution in [1.29, 1.82) is 0 Å². The van der Waals surface area contributed by atoms with E-state index in [1.54, 1.807) is 4.68 Å². The summed E-state index contributed by atoms with van der Waals surface area (Å²) in [6, 6.07) is 8.07. The van der Waals surface area contributed by atoms with Crippen molar-refractivity contribution < 1.29 is 0 Å². The van der Waals surface area contributed by atoms with Gasteiger partial charge in [-0.1, -0.05) is 41.9 Å². The SMILES string of the molecule is CCNC(Cc1cn(C)nn1)c1ccccc1Cl. The average Bonchev–Trinajstić information content (AvgIpc) is 2.75. The molecule has 1 heterocycles. The molecule has 0 saturated carbocycles. The fourth-order valence-corrected chi connectivity index (χ4v) is 2.26. The van der Waals surface area contributed by atoms with Gasteiger partial charge in [-0.25, -0.2) is 0 Å². The monoisotopic (exact) mass is 264 g/mol. The van der Waals surface area contributed by atoms with Gasteiger partial charge >= 0.3 is 0 Å². The van der Waals surface area contributed by atoms with Crippen molar-refractivity contribution in [3.05, 3.63) is 46.7 Å². The minimum Gasteiger partial charge on any atom is -0.310 e. The van der Waals surface area contributed by atoms with Crippen LogP contribution in [0.2, 0.25) is 5.02 Å². The fourth-order valence-electron chi connectivity index (χ4n) is 1.99. The molecule has 96 valence electrons. The van der Waals surface area contributed by atoms with Crippen molar-refractivity contribution in [2.24, 2.45) is 7.05 Å². The molecule has 1 unspecified atom stereocenters. The molecule has 0 spiro atoms. The van der Waals surface area contributed by atoms with Crippen LogP contribution in [-0.4, -0.2) is 21.5 Å². The molecule has 5 heteroatoms. The molecule has 0 radical (unpaired) electrons. The van der Waals surface area contributed by atoms with Crippen LogP contribution >= 0.6 is 11.6 Å². The van der Waals surface area contributed by atoms with Gasteiger partial charge in [0.2, 0.25) is 0 Å². The third kappa shape index (κ3) is 3.09. The largest absolute Gasteiger partial charge is 0.310 e. The Hall–Kier alpha value is -1.39. The zero-order valence-corrected chi connectivity index (χ0v) is 11.4. The molecule has 0 bridgehead atoms. The van der Waals surface area contributed by atoms with Crippen LogP contribution in [0, 0.1) is 0 Å². The third-order valence-electron chi connectivity index (χ3n) is 2.79. The van der Waals surface area contributed by atoms with Crippen LogP contribution in [-0.2, 0) is 13.5 Å². The van der Waals surface area contributed by atoms with Crippen molar-refractivity contribution in [1.82, 2.24) is 20.3 Å². The predicted octanol–water partition coefficient (Wildman–Crippen LogP) is 2.36. The summed E-state index contributed by atoms with van der Waals surface area (Å²) in [6.07, 6.45) is 2.71. The Morgan fingerprint density at radius 3 is 2.78 bits per heavy atom. The summed E-state index contributed by atoms with van der Waals surface area (Å²) in [5, 5.41) is 12.3. The highest BCUT2D eigenvalue weighted by Crippen LogP contribution is 2.24. The van der Waals surface area contributed by atoms with Gasteiger partial charge in [-0.05, 0) is 18.2 Å². The summed E-state index contributed by atoms with van der Waals surface area (Å²) in [5.41, 5.74) is 2.06. The van der Waals surface area contributed by atoms with Gasteiger partial charge in [-0.15, -0.1) is 5.10 Å². The van der Waals surface area contributed by atoms with Crippen molar-refractivity contribution in [3.8, 4) is 0 Å². The molecule has 1 atom stereocenters. The highest BCUT2D eigenvalue weighted by atomic mass is 35.5.